The summed E-state index contributed by atoms with van der Waals surface area (Å²) in [4.78, 5) is 33.2. The molecule has 0 amide bonds. The number of aldehydes is 2. The van der Waals surface area contributed by atoms with E-state index in [1.807, 2.05) is 0 Å². The van der Waals surface area contributed by atoms with Gasteiger partial charge in [0.15, 0.2) is 6.29 Å². The van der Waals surface area contributed by atoms with Gasteiger partial charge in [-0.3, -0.25) is 14.4 Å². The number of rotatable bonds is 2. The highest BCUT2D eigenvalue weighted by molar-refractivity contribution is 5.79. The van der Waals surface area contributed by atoms with Gasteiger partial charge < -0.3 is 4.98 Å². The average molecular weight is 151 g/mol. The second kappa shape index (κ2) is 2.92. The number of aromatic nitrogens is 1. The molecular formula is C7H5NO3. The Kier molecular flexibility index (Phi) is 1.96. The molecule has 1 rings (SSSR count). The zero-order valence-electron chi connectivity index (χ0n) is 5.53. The normalized spacial score (nSPS) is 9.09. The van der Waals surface area contributed by atoms with Gasteiger partial charge in [-0.2, -0.15) is 0 Å². The molecule has 0 aromatic carbocycles. The summed E-state index contributed by atoms with van der Waals surface area (Å²) in [5.74, 6) is 0. The molecule has 0 saturated heterocycles. The number of hydrogen-bond donors (Lipinski definition) is 1. The van der Waals surface area contributed by atoms with E-state index in [2.05, 4.69) is 4.98 Å². The van der Waals surface area contributed by atoms with Crippen LogP contribution in [0.3, 0.4) is 0 Å². The van der Waals surface area contributed by atoms with Crippen LogP contribution in [-0.4, -0.2) is 17.6 Å². The fraction of sp³-hybridized carbons (Fsp3) is 0. The Bertz CT molecular complexity index is 311. The molecule has 0 bridgehead atoms. The van der Waals surface area contributed by atoms with Crippen LogP contribution in [0.25, 0.3) is 0 Å². The van der Waals surface area contributed by atoms with Crippen LogP contribution in [0, 0.1) is 0 Å². The molecule has 0 atom stereocenters. The molecule has 0 fully saturated rings. The molecule has 0 unspecified atom stereocenters. The maximum absolute atomic E-state index is 10.7. The Balaban J connectivity index is 3.33. The van der Waals surface area contributed by atoms with Crippen molar-refractivity contribution in [3.8, 4) is 0 Å². The fourth-order valence-corrected chi connectivity index (χ4v) is 0.719. The minimum Gasteiger partial charge on any atom is -0.320 e. The summed E-state index contributed by atoms with van der Waals surface area (Å²) in [7, 11) is 0. The van der Waals surface area contributed by atoms with Crippen LogP contribution in [0.5, 0.6) is 0 Å². The first-order chi connectivity index (χ1) is 5.26. The van der Waals surface area contributed by atoms with E-state index >= 15 is 0 Å². The molecule has 4 heteroatoms. The first-order valence-electron chi connectivity index (χ1n) is 2.91. The lowest BCUT2D eigenvalue weighted by Gasteiger charge is -1.90. The van der Waals surface area contributed by atoms with E-state index in [1.54, 1.807) is 0 Å². The molecule has 4 nitrogen and oxygen atoms in total. The number of aromatic amines is 1. The summed E-state index contributed by atoms with van der Waals surface area (Å²) in [6.07, 6.45) is 0.997. The van der Waals surface area contributed by atoms with Gasteiger partial charge in [0.05, 0.1) is 5.69 Å². The molecule has 11 heavy (non-hydrogen) atoms. The number of carbonyl (C=O) groups excluding carboxylic acids is 2. The van der Waals surface area contributed by atoms with E-state index in [0.29, 0.717) is 12.6 Å². The minimum atomic E-state index is -0.448. The van der Waals surface area contributed by atoms with Gasteiger partial charge in [-0.25, -0.2) is 0 Å². The monoisotopic (exact) mass is 151 g/mol. The minimum absolute atomic E-state index is 0.111. The molecule has 0 aliphatic carbocycles. The molecular weight excluding hydrogens is 146 g/mol. The van der Waals surface area contributed by atoms with Crippen LogP contribution in [-0.2, 0) is 0 Å². The molecule has 0 saturated carbocycles. The first kappa shape index (κ1) is 7.40. The fourth-order valence-electron chi connectivity index (χ4n) is 0.719. The van der Waals surface area contributed by atoms with Crippen molar-refractivity contribution in [1.29, 1.82) is 0 Å². The van der Waals surface area contributed by atoms with E-state index in [4.69, 9.17) is 0 Å². The lowest BCUT2D eigenvalue weighted by atomic mass is 10.2. The van der Waals surface area contributed by atoms with Crippen molar-refractivity contribution in [2.24, 2.45) is 0 Å². The van der Waals surface area contributed by atoms with Crippen molar-refractivity contribution in [2.45, 2.75) is 0 Å². The van der Waals surface area contributed by atoms with E-state index < -0.39 is 5.56 Å². The van der Waals surface area contributed by atoms with Crippen LogP contribution in [0.4, 0.5) is 0 Å². The highest BCUT2D eigenvalue weighted by atomic mass is 16.1. The summed E-state index contributed by atoms with van der Waals surface area (Å²) in [6, 6.07) is 2.43. The standard InChI is InChI=1S/C7H5NO3/c9-3-5-1-6(4-10)8-7(11)2-5/h1-4H,(H,8,11). The van der Waals surface area contributed by atoms with Gasteiger partial charge in [-0.1, -0.05) is 0 Å². The molecule has 1 heterocycles. The Hall–Kier alpha value is -1.71. The number of nitrogens with one attached hydrogen (secondary N) is 1. The zero-order valence-corrected chi connectivity index (χ0v) is 5.53. The quantitative estimate of drug-likeness (QED) is 0.605. The molecule has 0 spiro atoms. The maximum atomic E-state index is 10.7. The Morgan fingerprint density at radius 1 is 1.18 bits per heavy atom. The van der Waals surface area contributed by atoms with E-state index in [1.165, 1.54) is 6.07 Å². The van der Waals surface area contributed by atoms with Gasteiger partial charge in [0.2, 0.25) is 5.56 Å². The van der Waals surface area contributed by atoms with Crippen LogP contribution >= 0.6 is 0 Å². The van der Waals surface area contributed by atoms with E-state index in [0.717, 1.165) is 6.07 Å². The average Bonchev–Trinajstić information content (AvgIpc) is 2.03. The summed E-state index contributed by atoms with van der Waals surface area (Å²) < 4.78 is 0. The number of pyridine rings is 1. The SMILES string of the molecule is O=Cc1cc(C=O)[nH]c(=O)c1. The molecule has 0 radical (unpaired) electrons. The van der Waals surface area contributed by atoms with Gasteiger partial charge >= 0.3 is 0 Å². The van der Waals surface area contributed by atoms with Crippen molar-refractivity contribution >= 4 is 12.6 Å². The smallest absolute Gasteiger partial charge is 0.249 e. The van der Waals surface area contributed by atoms with Crippen LogP contribution in [0.2, 0.25) is 0 Å². The molecule has 1 aromatic rings. The number of H-pyrrole nitrogens is 1. The Morgan fingerprint density at radius 3 is 2.45 bits per heavy atom. The van der Waals surface area contributed by atoms with Gasteiger partial charge in [0.1, 0.15) is 6.29 Å². The Labute approximate surface area is 61.9 Å². The third-order valence-corrected chi connectivity index (χ3v) is 1.15. The lowest BCUT2D eigenvalue weighted by molar-refractivity contribution is 0.111. The van der Waals surface area contributed by atoms with E-state index in [-0.39, 0.29) is 11.3 Å². The molecule has 1 aromatic heterocycles. The number of carbonyl (C=O) groups is 2. The third kappa shape index (κ3) is 1.61. The largest absolute Gasteiger partial charge is 0.320 e. The molecule has 0 aliphatic heterocycles. The van der Waals surface area contributed by atoms with Gasteiger partial charge in [-0.05, 0) is 6.07 Å². The van der Waals surface area contributed by atoms with Crippen molar-refractivity contribution in [3.05, 3.63) is 33.7 Å². The van der Waals surface area contributed by atoms with Crippen LogP contribution in [0.1, 0.15) is 20.8 Å². The van der Waals surface area contributed by atoms with Crippen LogP contribution < -0.4 is 5.56 Å². The predicted octanol–water partition coefficient (Wildman–Crippen LogP) is -0.0001000. The highest BCUT2D eigenvalue weighted by Gasteiger charge is 1.95. The molecule has 1 N–H and O–H groups in total. The van der Waals surface area contributed by atoms with Crippen molar-refractivity contribution < 1.29 is 9.59 Å². The van der Waals surface area contributed by atoms with E-state index in [9.17, 15) is 14.4 Å². The van der Waals surface area contributed by atoms with Gasteiger partial charge in [0, 0.05) is 11.6 Å². The number of hydrogen-bond acceptors (Lipinski definition) is 3. The van der Waals surface area contributed by atoms with Crippen molar-refractivity contribution in [2.75, 3.05) is 0 Å². The van der Waals surface area contributed by atoms with Crippen molar-refractivity contribution in [1.82, 2.24) is 4.98 Å². The Morgan fingerprint density at radius 2 is 1.91 bits per heavy atom. The summed E-state index contributed by atoms with van der Waals surface area (Å²) >= 11 is 0. The topological polar surface area (TPSA) is 67.0 Å². The van der Waals surface area contributed by atoms with Crippen molar-refractivity contribution in [3.63, 3.8) is 0 Å². The molecule has 0 aliphatic rings. The second-order valence-electron chi connectivity index (χ2n) is 1.97. The first-order valence-corrected chi connectivity index (χ1v) is 2.91. The summed E-state index contributed by atoms with van der Waals surface area (Å²) in [5.41, 5.74) is -0.132. The maximum Gasteiger partial charge on any atom is 0.249 e. The van der Waals surface area contributed by atoms with Gasteiger partial charge in [0.25, 0.3) is 0 Å². The lowest BCUT2D eigenvalue weighted by Crippen LogP contribution is -2.08. The summed E-state index contributed by atoms with van der Waals surface area (Å²) in [5, 5.41) is 0. The zero-order chi connectivity index (χ0) is 8.27. The second-order valence-corrected chi connectivity index (χ2v) is 1.97. The predicted molar refractivity (Wildman–Crippen MR) is 37.8 cm³/mol. The van der Waals surface area contributed by atoms with Gasteiger partial charge in [-0.15, -0.1) is 0 Å². The third-order valence-electron chi connectivity index (χ3n) is 1.15. The summed E-state index contributed by atoms with van der Waals surface area (Å²) in [6.45, 7) is 0. The molecule has 56 valence electrons. The van der Waals surface area contributed by atoms with Crippen LogP contribution in [0.15, 0.2) is 16.9 Å². The highest BCUT2D eigenvalue weighted by Crippen LogP contribution is 1.91.